The Labute approximate surface area is 66.0 Å². The van der Waals surface area contributed by atoms with Crippen LogP contribution in [0.1, 0.15) is 32.1 Å². The van der Waals surface area contributed by atoms with E-state index in [2.05, 4.69) is 0 Å². The summed E-state index contributed by atoms with van der Waals surface area (Å²) in [6.45, 7) is 0. The second-order valence-electron chi connectivity index (χ2n) is 3.68. The highest BCUT2D eigenvalue weighted by Gasteiger charge is 2.38. The van der Waals surface area contributed by atoms with Crippen molar-refractivity contribution in [3.05, 3.63) is 0 Å². The number of carbonyl (C=O) groups is 2. The summed E-state index contributed by atoms with van der Waals surface area (Å²) in [5.41, 5.74) is 0. The molecule has 60 valence electrons. The molecule has 2 atom stereocenters. The molecule has 0 amide bonds. The second kappa shape index (κ2) is 2.43. The van der Waals surface area contributed by atoms with E-state index in [9.17, 15) is 9.59 Å². The Morgan fingerprint density at radius 2 is 2.00 bits per heavy atom. The van der Waals surface area contributed by atoms with Crippen LogP contribution in [0.15, 0.2) is 0 Å². The predicted molar refractivity (Wildman–Crippen MR) is 40.1 cm³/mol. The molecule has 0 heterocycles. The van der Waals surface area contributed by atoms with Gasteiger partial charge in [0.15, 0.2) is 0 Å². The van der Waals surface area contributed by atoms with Gasteiger partial charge in [0.1, 0.15) is 11.6 Å². The third-order valence-electron chi connectivity index (χ3n) is 2.93. The van der Waals surface area contributed by atoms with Crippen molar-refractivity contribution in [1.29, 1.82) is 0 Å². The lowest BCUT2D eigenvalue weighted by Crippen LogP contribution is -2.29. The molecule has 2 nitrogen and oxygen atoms in total. The molecule has 11 heavy (non-hydrogen) atoms. The molecular formula is C9H12O2. The van der Waals surface area contributed by atoms with E-state index in [1.165, 1.54) is 0 Å². The fourth-order valence-electron chi connectivity index (χ4n) is 2.40. The first-order valence-corrected chi connectivity index (χ1v) is 4.32. The fourth-order valence-corrected chi connectivity index (χ4v) is 2.40. The van der Waals surface area contributed by atoms with Crippen molar-refractivity contribution in [3.8, 4) is 0 Å². The lowest BCUT2D eigenvalue weighted by molar-refractivity contribution is -0.134. The van der Waals surface area contributed by atoms with Gasteiger partial charge in [-0.25, -0.2) is 0 Å². The first-order valence-electron chi connectivity index (χ1n) is 4.32. The van der Waals surface area contributed by atoms with Crippen molar-refractivity contribution in [2.45, 2.75) is 32.1 Å². The van der Waals surface area contributed by atoms with E-state index in [-0.39, 0.29) is 23.9 Å². The molecule has 0 saturated heterocycles. The molecule has 2 aliphatic rings. The quantitative estimate of drug-likeness (QED) is 0.491. The molecule has 2 rings (SSSR count). The molecule has 0 aliphatic heterocycles. The van der Waals surface area contributed by atoms with Crippen molar-refractivity contribution in [2.75, 3.05) is 0 Å². The van der Waals surface area contributed by atoms with Crippen LogP contribution in [0, 0.1) is 11.8 Å². The fraction of sp³-hybridized carbons (Fsp3) is 0.778. The molecule has 0 aromatic rings. The highest BCUT2D eigenvalue weighted by Crippen LogP contribution is 2.38. The number of hydrogen-bond acceptors (Lipinski definition) is 2. The van der Waals surface area contributed by atoms with Crippen LogP contribution in [0.5, 0.6) is 0 Å². The molecule has 0 radical (unpaired) electrons. The Bertz CT molecular complexity index is 208. The molecule has 0 N–H and O–H groups in total. The third-order valence-corrected chi connectivity index (χ3v) is 2.93. The van der Waals surface area contributed by atoms with Crippen LogP contribution in [-0.2, 0) is 9.59 Å². The van der Waals surface area contributed by atoms with Gasteiger partial charge in [0.05, 0.1) is 6.42 Å². The molecule has 0 bridgehead atoms. The summed E-state index contributed by atoms with van der Waals surface area (Å²) in [4.78, 5) is 22.3. The van der Waals surface area contributed by atoms with Crippen LogP contribution in [-0.4, -0.2) is 11.6 Å². The zero-order chi connectivity index (χ0) is 7.84. The lowest BCUT2D eigenvalue weighted by atomic mass is 9.80. The smallest absolute Gasteiger partial charge is 0.143 e. The van der Waals surface area contributed by atoms with Gasteiger partial charge < -0.3 is 0 Å². The van der Waals surface area contributed by atoms with Gasteiger partial charge >= 0.3 is 0 Å². The second-order valence-corrected chi connectivity index (χ2v) is 3.68. The van der Waals surface area contributed by atoms with Crippen molar-refractivity contribution >= 4 is 11.6 Å². The first kappa shape index (κ1) is 7.01. The van der Waals surface area contributed by atoms with Gasteiger partial charge in [-0.1, -0.05) is 6.42 Å². The van der Waals surface area contributed by atoms with Gasteiger partial charge in [-0.2, -0.15) is 0 Å². The maximum Gasteiger partial charge on any atom is 0.143 e. The Morgan fingerprint density at radius 1 is 1.18 bits per heavy atom. The highest BCUT2D eigenvalue weighted by atomic mass is 16.1. The minimum Gasteiger partial charge on any atom is -0.299 e. The minimum absolute atomic E-state index is 0.165. The number of Topliss-reactive ketones (excluding diaryl/α,β-unsaturated/α-hetero) is 2. The maximum absolute atomic E-state index is 11.3. The zero-order valence-electron chi connectivity index (χ0n) is 6.51. The Hall–Kier alpha value is -0.660. The lowest BCUT2D eigenvalue weighted by Gasteiger charge is -2.22. The summed E-state index contributed by atoms with van der Waals surface area (Å²) in [6.07, 6.45) is 4.19. The van der Waals surface area contributed by atoms with E-state index >= 15 is 0 Å². The maximum atomic E-state index is 11.3. The van der Waals surface area contributed by atoms with Gasteiger partial charge in [0, 0.05) is 12.3 Å². The zero-order valence-corrected chi connectivity index (χ0v) is 6.51. The van der Waals surface area contributed by atoms with Crippen molar-refractivity contribution in [1.82, 2.24) is 0 Å². The Kier molecular flexibility index (Phi) is 1.55. The summed E-state index contributed by atoms with van der Waals surface area (Å²) in [5, 5.41) is 0. The van der Waals surface area contributed by atoms with E-state index in [0.717, 1.165) is 19.3 Å². The standard InChI is InChI=1S/C9H12O2/c10-7-4-6-2-1-3-8(6)9(11)5-7/h6,8H,1-5H2. The van der Waals surface area contributed by atoms with E-state index < -0.39 is 0 Å². The summed E-state index contributed by atoms with van der Waals surface area (Å²) in [5.74, 6) is 1.05. The minimum atomic E-state index is 0.165. The summed E-state index contributed by atoms with van der Waals surface area (Å²) in [7, 11) is 0. The third kappa shape index (κ3) is 1.10. The monoisotopic (exact) mass is 152 g/mol. The van der Waals surface area contributed by atoms with Gasteiger partial charge in [-0.05, 0) is 18.8 Å². The average molecular weight is 152 g/mol. The number of fused-ring (bicyclic) bond motifs is 1. The summed E-state index contributed by atoms with van der Waals surface area (Å²) < 4.78 is 0. The predicted octanol–water partition coefficient (Wildman–Crippen LogP) is 1.33. The van der Waals surface area contributed by atoms with Gasteiger partial charge in [0.25, 0.3) is 0 Å². The van der Waals surface area contributed by atoms with Gasteiger partial charge in [-0.15, -0.1) is 0 Å². The van der Waals surface area contributed by atoms with Crippen LogP contribution in [0.25, 0.3) is 0 Å². The number of hydrogen-bond donors (Lipinski definition) is 0. The normalized spacial score (nSPS) is 37.5. The van der Waals surface area contributed by atoms with Crippen LogP contribution < -0.4 is 0 Å². The molecule has 2 unspecified atom stereocenters. The molecule has 2 aliphatic carbocycles. The molecule has 2 saturated carbocycles. The van der Waals surface area contributed by atoms with Crippen LogP contribution in [0.4, 0.5) is 0 Å². The SMILES string of the molecule is O=C1CC(=O)C2CCCC2C1. The highest BCUT2D eigenvalue weighted by molar-refractivity contribution is 6.02. The van der Waals surface area contributed by atoms with Gasteiger partial charge in [0.2, 0.25) is 0 Å². The van der Waals surface area contributed by atoms with Crippen molar-refractivity contribution in [2.24, 2.45) is 11.8 Å². The van der Waals surface area contributed by atoms with Crippen LogP contribution >= 0.6 is 0 Å². The molecular weight excluding hydrogens is 140 g/mol. The topological polar surface area (TPSA) is 34.1 Å². The molecule has 0 aromatic carbocycles. The first-order chi connectivity index (χ1) is 5.27. The molecule has 2 fully saturated rings. The van der Waals surface area contributed by atoms with Crippen LogP contribution in [0.2, 0.25) is 0 Å². The Balaban J connectivity index is 2.16. The molecule has 0 spiro atoms. The van der Waals surface area contributed by atoms with Crippen LogP contribution in [0.3, 0.4) is 0 Å². The summed E-state index contributed by atoms with van der Waals surface area (Å²) >= 11 is 0. The van der Waals surface area contributed by atoms with E-state index in [4.69, 9.17) is 0 Å². The van der Waals surface area contributed by atoms with E-state index in [1.807, 2.05) is 0 Å². The largest absolute Gasteiger partial charge is 0.299 e. The number of carbonyl (C=O) groups excluding carboxylic acids is 2. The van der Waals surface area contributed by atoms with Crippen molar-refractivity contribution in [3.63, 3.8) is 0 Å². The van der Waals surface area contributed by atoms with Crippen molar-refractivity contribution < 1.29 is 9.59 Å². The number of ketones is 2. The average Bonchev–Trinajstić information content (AvgIpc) is 2.34. The number of rotatable bonds is 0. The van der Waals surface area contributed by atoms with E-state index in [1.54, 1.807) is 0 Å². The van der Waals surface area contributed by atoms with E-state index in [0.29, 0.717) is 12.3 Å². The molecule has 0 aromatic heterocycles. The molecule has 2 heteroatoms. The summed E-state index contributed by atoms with van der Waals surface area (Å²) in [6, 6.07) is 0. The Morgan fingerprint density at radius 3 is 2.82 bits per heavy atom. The van der Waals surface area contributed by atoms with Gasteiger partial charge in [-0.3, -0.25) is 9.59 Å².